The summed E-state index contributed by atoms with van der Waals surface area (Å²) < 4.78 is 14.5. The molecule has 0 amide bonds. The number of hydrogen-bond acceptors (Lipinski definition) is 9. The van der Waals surface area contributed by atoms with Crippen molar-refractivity contribution in [1.82, 2.24) is 0 Å². The number of unbranched alkanes of at least 4 members (excludes halogenated alkanes) is 3. The van der Waals surface area contributed by atoms with Crippen LogP contribution in [0.3, 0.4) is 0 Å². The van der Waals surface area contributed by atoms with Crippen LogP contribution in [0.4, 0.5) is 0 Å². The average Bonchev–Trinajstić information content (AvgIpc) is 3.23. The second kappa shape index (κ2) is 27.0. The number of nitrogens with zero attached hydrogens (tertiary/aromatic N) is 6. The maximum Gasteiger partial charge on any atom is 0.490 e. The van der Waals surface area contributed by atoms with Gasteiger partial charge in [0.25, 0.3) is 0 Å². The van der Waals surface area contributed by atoms with Gasteiger partial charge >= 0.3 is 8.56 Å². The summed E-state index contributed by atoms with van der Waals surface area (Å²) in [5, 5.41) is 47.9. The van der Waals surface area contributed by atoms with Crippen molar-refractivity contribution in [2.75, 3.05) is 0 Å². The van der Waals surface area contributed by atoms with Crippen molar-refractivity contribution >= 4 is 8.56 Å². The fourth-order valence-corrected chi connectivity index (χ4v) is 9.78. The minimum absolute atomic E-state index is 0.188. The summed E-state index contributed by atoms with van der Waals surface area (Å²) in [6.07, 6.45) is 17.0. The molecule has 0 fully saturated rings. The molecule has 3 atom stereocenters. The van der Waals surface area contributed by atoms with Crippen molar-refractivity contribution < 1.29 is 15.3 Å². The molecule has 10 heteroatoms. The van der Waals surface area contributed by atoms with E-state index in [9.17, 15) is 15.3 Å². The van der Waals surface area contributed by atoms with E-state index in [4.69, 9.17) is 14.3 Å². The number of rotatable bonds is 29. The van der Waals surface area contributed by atoms with Crippen molar-refractivity contribution in [1.29, 1.82) is 0 Å². The van der Waals surface area contributed by atoms with Crippen LogP contribution in [0.15, 0.2) is 84.3 Å². The predicted octanol–water partition coefficient (Wildman–Crippen LogP) is 14.7. The van der Waals surface area contributed by atoms with Crippen LogP contribution in [0.25, 0.3) is 0 Å². The van der Waals surface area contributed by atoms with Crippen LogP contribution < -0.4 is 0 Å². The van der Waals surface area contributed by atoms with E-state index in [0.717, 1.165) is 97.6 Å². The molecule has 3 unspecified atom stereocenters. The lowest BCUT2D eigenvalue weighted by molar-refractivity contribution is 0.423. The second-order valence-corrected chi connectivity index (χ2v) is 19.0. The Balaban J connectivity index is 1.94. The number of para-hydroxylation sites is 3. The highest BCUT2D eigenvalue weighted by molar-refractivity contribution is 6.74. The van der Waals surface area contributed by atoms with Crippen LogP contribution in [0, 0.1) is 17.8 Å². The molecule has 0 aliphatic rings. The van der Waals surface area contributed by atoms with Gasteiger partial charge in [-0.25, -0.2) is 0 Å². The fraction of sp³-hybridized carbons (Fsp3) is 0.625. The lowest BCUT2D eigenvalue weighted by Gasteiger charge is -2.17. The van der Waals surface area contributed by atoms with Gasteiger partial charge < -0.3 is 15.3 Å². The fourth-order valence-electron chi connectivity index (χ4n) is 7.79. The van der Waals surface area contributed by atoms with Gasteiger partial charge in [0.2, 0.25) is 0 Å². The predicted molar refractivity (Wildman–Crippen MR) is 242 cm³/mol. The number of aromatic hydroxyl groups is 3. The van der Waals surface area contributed by atoms with Crippen LogP contribution >= 0.6 is 0 Å². The molecule has 58 heavy (non-hydrogen) atoms. The molecule has 0 aliphatic heterocycles. The molecule has 0 saturated heterocycles. The molecule has 0 radical (unpaired) electrons. The summed E-state index contributed by atoms with van der Waals surface area (Å²) in [6, 6.07) is 18.2. The van der Waals surface area contributed by atoms with E-state index in [1.54, 1.807) is 0 Å². The molecule has 0 aliphatic carbocycles. The Bertz CT molecular complexity index is 1520. The molecule has 3 rings (SSSR count). The van der Waals surface area contributed by atoms with Crippen molar-refractivity contribution in [2.45, 2.75) is 177 Å². The first-order valence-corrected chi connectivity index (χ1v) is 24.8. The van der Waals surface area contributed by atoms with E-state index in [1.807, 2.05) is 54.6 Å². The molecule has 0 spiro atoms. The quantitative estimate of drug-likeness (QED) is 0.0476. The summed E-state index contributed by atoms with van der Waals surface area (Å²) in [5.74, 6) is 2.43. The molecule has 320 valence electrons. The van der Waals surface area contributed by atoms with Crippen LogP contribution in [0.5, 0.6) is 17.2 Å². The van der Waals surface area contributed by atoms with Crippen LogP contribution in [-0.4, -0.2) is 23.9 Å². The highest BCUT2D eigenvalue weighted by Crippen LogP contribution is 2.32. The lowest BCUT2D eigenvalue weighted by atomic mass is 9.91. The Labute approximate surface area is 352 Å². The minimum atomic E-state index is -3.36. The van der Waals surface area contributed by atoms with Crippen molar-refractivity contribution in [3.8, 4) is 17.2 Å². The second-order valence-electron chi connectivity index (χ2n) is 16.4. The van der Waals surface area contributed by atoms with E-state index < -0.39 is 8.56 Å². The summed E-state index contributed by atoms with van der Waals surface area (Å²) >= 11 is 0. The maximum atomic E-state index is 11.3. The first-order valence-electron chi connectivity index (χ1n) is 22.7. The smallest absolute Gasteiger partial charge is 0.490 e. The molecule has 3 aromatic carbocycles. The van der Waals surface area contributed by atoms with Gasteiger partial charge in [0.1, 0.15) is 17.2 Å². The van der Waals surface area contributed by atoms with E-state index in [1.165, 1.54) is 38.5 Å². The molecule has 0 heterocycles. The van der Waals surface area contributed by atoms with Gasteiger partial charge in [-0.3, -0.25) is 0 Å². The van der Waals surface area contributed by atoms with Gasteiger partial charge in [-0.05, 0) is 53.7 Å². The van der Waals surface area contributed by atoms with E-state index >= 15 is 0 Å². The van der Waals surface area contributed by atoms with Crippen molar-refractivity contribution in [3.63, 3.8) is 0 Å². The first-order chi connectivity index (χ1) is 28.2. The molecule has 9 nitrogen and oxygen atoms in total. The van der Waals surface area contributed by atoms with Crippen LogP contribution in [0.2, 0.25) is 6.04 Å². The lowest BCUT2D eigenvalue weighted by Crippen LogP contribution is -2.26. The Morgan fingerprint density at radius 3 is 0.983 bits per heavy atom. The Morgan fingerprint density at radius 2 is 0.724 bits per heavy atom. The van der Waals surface area contributed by atoms with E-state index in [0.29, 0.717) is 23.8 Å². The van der Waals surface area contributed by atoms with Gasteiger partial charge in [0, 0.05) is 22.7 Å². The summed E-state index contributed by atoms with van der Waals surface area (Å²) in [6.45, 7) is 15.9. The zero-order valence-electron chi connectivity index (χ0n) is 37.1. The first kappa shape index (κ1) is 48.4. The Kier molecular flexibility index (Phi) is 22.5. The monoisotopic (exact) mass is 813 g/mol. The third kappa shape index (κ3) is 15.7. The highest BCUT2D eigenvalue weighted by Gasteiger charge is 2.36. The zero-order chi connectivity index (χ0) is 42.2. The Morgan fingerprint density at radius 1 is 0.431 bits per heavy atom. The topological polar surface area (TPSA) is 135 Å². The molecule has 0 saturated carbocycles. The Hall–Kier alpha value is -3.92. The molecule has 0 aromatic heterocycles. The van der Waals surface area contributed by atoms with Gasteiger partial charge in [0.15, 0.2) is 0 Å². The number of phenols is 3. The normalized spacial score (nSPS) is 14.7. The number of hydrogen-bond donors (Lipinski definition) is 3. The molecule has 0 bridgehead atoms. The third-order valence-corrected chi connectivity index (χ3v) is 14.3. The maximum absolute atomic E-state index is 11.3. The molecular weight excluding hydrogens is 737 g/mol. The zero-order valence-corrected chi connectivity index (χ0v) is 38.1. The van der Waals surface area contributed by atoms with E-state index in [-0.39, 0.29) is 36.9 Å². The van der Waals surface area contributed by atoms with Gasteiger partial charge in [-0.1, -0.05) is 187 Å². The van der Waals surface area contributed by atoms with Gasteiger partial charge in [0.05, 0.1) is 19.6 Å². The van der Waals surface area contributed by atoms with Gasteiger partial charge in [-0.15, -0.1) is 0 Å². The summed E-state index contributed by atoms with van der Waals surface area (Å²) in [5.41, 5.74) is 5.00. The van der Waals surface area contributed by atoms with Crippen molar-refractivity contribution in [3.05, 3.63) is 88.0 Å². The summed E-state index contributed by atoms with van der Waals surface area (Å²) in [7, 11) is -3.36. The highest BCUT2D eigenvalue weighted by atomic mass is 28.4. The molecular formula is C48H76N6O3Si. The minimum Gasteiger partial charge on any atom is -0.507 e. The largest absolute Gasteiger partial charge is 0.507 e. The van der Waals surface area contributed by atoms with Crippen LogP contribution in [-0.2, 0) is 38.9 Å². The molecule has 3 N–H and O–H groups in total. The number of benzene rings is 3. The third-order valence-electron chi connectivity index (χ3n) is 11.8. The average molecular weight is 813 g/mol. The number of phenolic OH excluding ortho intramolecular Hbond substituents is 3. The summed E-state index contributed by atoms with van der Waals surface area (Å²) in [4.78, 5) is 0. The van der Waals surface area contributed by atoms with E-state index in [2.05, 4.69) is 63.8 Å². The van der Waals surface area contributed by atoms with Gasteiger partial charge in [-0.2, -0.15) is 29.7 Å². The van der Waals surface area contributed by atoms with Crippen LogP contribution in [0.1, 0.15) is 165 Å². The standard InChI is InChI=1S/C48H76N6O3Si/c1-8-15-21-37(12-5)31-40-24-18-27-43(46(40)55)34-49-52-58(30-11-4,53-50-35-44-28-19-25-41(47(44)56)32-38(13-6)22-16-9-2)54-51-36-45-29-20-26-42(48(45)57)33-39(14-7)23-17-10-3/h18-20,24-29,37-39,55-57H,8-17,21-23,30-36H2,1-7H3/b52-49+,53-50+,54-51+. The van der Waals surface area contributed by atoms with Crippen molar-refractivity contribution in [2.24, 2.45) is 47.4 Å². The molecule has 3 aromatic rings. The SMILES string of the molecule is CCCCC(CC)Cc1cccc(C/N=N/[Si](CCC)(/N=N/Cc2cccc(CC(CC)CCCC)c2O)/N=N/Cc2cccc(CC(CC)CCCC)c2O)c1O.